The Balaban J connectivity index is 0. The van der Waals surface area contributed by atoms with Crippen LogP contribution in [-0.4, -0.2) is 86.1 Å². The minimum atomic E-state index is -0.819. The van der Waals surface area contributed by atoms with Crippen molar-refractivity contribution < 1.29 is 49.6 Å². The molecule has 252 valence electrons. The number of aliphatic hydroxyl groups excluding tert-OH is 2. The number of hydrogen-bond acceptors (Lipinski definition) is 10. The average Bonchev–Trinajstić information content (AvgIpc) is 3.94. The number of carbonyl (C=O) groups excluding carboxylic acids is 2. The Morgan fingerprint density at radius 3 is 1.69 bits per heavy atom. The van der Waals surface area contributed by atoms with Crippen molar-refractivity contribution in [1.82, 2.24) is 0 Å². The Kier molecular flexibility index (Phi) is 27.1. The van der Waals surface area contributed by atoms with Crippen LogP contribution in [0.4, 0.5) is 9.59 Å². The van der Waals surface area contributed by atoms with E-state index >= 15 is 0 Å². The van der Waals surface area contributed by atoms with Crippen LogP contribution in [0.1, 0.15) is 132 Å². The molecule has 0 aromatic heterocycles. The maximum absolute atomic E-state index is 11.3. The highest BCUT2D eigenvalue weighted by atomic mass is 16.8. The maximum Gasteiger partial charge on any atom is 0.508 e. The highest BCUT2D eigenvalue weighted by Crippen LogP contribution is 2.16. The molecule has 2 N–H and O–H groups in total. The molecule has 3 aliphatic heterocycles. The van der Waals surface area contributed by atoms with Crippen LogP contribution in [0.5, 0.6) is 0 Å². The average molecular weight is 610 g/mol. The van der Waals surface area contributed by atoms with Gasteiger partial charge in [-0.05, 0) is 44.9 Å². The van der Waals surface area contributed by atoms with E-state index in [1.165, 1.54) is 38.5 Å². The molecule has 0 saturated carbocycles. The van der Waals surface area contributed by atoms with Crippen molar-refractivity contribution in [2.24, 2.45) is 0 Å². The Labute approximate surface area is 256 Å². The van der Waals surface area contributed by atoms with Gasteiger partial charge in [-0.1, -0.05) is 86.0 Å². The van der Waals surface area contributed by atoms with E-state index < -0.39 is 24.5 Å². The molecule has 10 nitrogen and oxygen atoms in total. The van der Waals surface area contributed by atoms with Crippen molar-refractivity contribution in [3.05, 3.63) is 0 Å². The molecular formula is C32H64O10. The number of cyclic esters (lactones) is 2. The lowest BCUT2D eigenvalue weighted by Crippen LogP contribution is -2.25. The van der Waals surface area contributed by atoms with Crippen LogP contribution in [0.15, 0.2) is 0 Å². The summed E-state index contributed by atoms with van der Waals surface area (Å²) in [6, 6.07) is 0. The third-order valence-electron chi connectivity index (χ3n) is 6.72. The normalized spacial score (nSPS) is 21.0. The number of ether oxygens (including phenoxy) is 6. The summed E-state index contributed by atoms with van der Waals surface area (Å²) in [4.78, 5) is 21.7. The monoisotopic (exact) mass is 609 g/mol. The van der Waals surface area contributed by atoms with Crippen molar-refractivity contribution in [3.8, 4) is 0 Å². The Hall–Kier alpha value is -1.62. The minimum Gasteiger partial charge on any atom is -0.432 e. The lowest BCUT2D eigenvalue weighted by Gasteiger charge is -2.16. The van der Waals surface area contributed by atoms with Gasteiger partial charge in [0, 0.05) is 1.43 Å². The van der Waals surface area contributed by atoms with Gasteiger partial charge in [0.05, 0.1) is 38.1 Å². The zero-order valence-corrected chi connectivity index (χ0v) is 27.2. The smallest absolute Gasteiger partial charge is 0.432 e. The van der Waals surface area contributed by atoms with Crippen LogP contribution in [0.2, 0.25) is 0 Å². The third-order valence-corrected chi connectivity index (χ3v) is 6.72. The Morgan fingerprint density at radius 2 is 1.29 bits per heavy atom. The summed E-state index contributed by atoms with van der Waals surface area (Å²) in [6.07, 6.45) is 14.9. The van der Waals surface area contributed by atoms with Crippen molar-refractivity contribution in [3.63, 3.8) is 0 Å². The fraction of sp³-hybridized carbons (Fsp3) is 0.938. The molecule has 3 saturated heterocycles. The maximum atomic E-state index is 11.3. The molecule has 3 heterocycles. The standard InChI is InChI=1S/C13H26O5.C7H12O3.2C6H12O.H2/c1-3-5-7-11(15)10-17-13(16)18-12(9-14)8-6-4-2;1-2-3-4-6-5-9-7(8)10-6;2*1-2-3-4-6-5-7-6;/h11-12,14-15H,3-10H2,1-2H3;6H,2-5H2,1H3;2*6H,2-5H2,1H3;1H/t11-,12-;6-;;;/m00.../s1/i;;;;1+1. The first-order chi connectivity index (χ1) is 20.3. The van der Waals surface area contributed by atoms with E-state index in [-0.39, 0.29) is 20.7 Å². The molecule has 0 radical (unpaired) electrons. The van der Waals surface area contributed by atoms with E-state index in [1.807, 2.05) is 13.8 Å². The zero-order valence-electron chi connectivity index (χ0n) is 27.2. The van der Waals surface area contributed by atoms with E-state index in [0.717, 1.165) is 58.2 Å². The number of aliphatic hydroxyl groups is 2. The molecule has 3 aliphatic rings. The number of epoxide rings is 2. The lowest BCUT2D eigenvalue weighted by molar-refractivity contribution is -0.0196. The molecule has 10 heteroatoms. The van der Waals surface area contributed by atoms with Crippen molar-refractivity contribution in [2.45, 2.75) is 161 Å². The molecule has 0 amide bonds. The van der Waals surface area contributed by atoms with Gasteiger partial charge in [0.25, 0.3) is 0 Å². The van der Waals surface area contributed by atoms with Crippen LogP contribution in [-0.2, 0) is 28.4 Å². The summed E-state index contributed by atoms with van der Waals surface area (Å²) >= 11 is 0. The van der Waals surface area contributed by atoms with Gasteiger partial charge in [-0.15, -0.1) is 0 Å². The zero-order chi connectivity index (χ0) is 31.4. The largest absolute Gasteiger partial charge is 0.508 e. The quantitative estimate of drug-likeness (QED) is 0.113. The molecule has 42 heavy (non-hydrogen) atoms. The van der Waals surface area contributed by atoms with Crippen LogP contribution in [0, 0.1) is 0 Å². The molecule has 2 unspecified atom stereocenters. The first-order valence-corrected chi connectivity index (χ1v) is 16.5. The number of unbranched alkanes of at least 4 members (excludes halogenated alkanes) is 5. The summed E-state index contributed by atoms with van der Waals surface area (Å²) in [7, 11) is 0. The van der Waals surface area contributed by atoms with Crippen LogP contribution >= 0.6 is 0 Å². The van der Waals surface area contributed by atoms with Gasteiger partial charge in [0.15, 0.2) is 0 Å². The van der Waals surface area contributed by atoms with Crippen molar-refractivity contribution in [2.75, 3.05) is 33.0 Å². The number of carbonyl (C=O) groups is 2. The predicted octanol–water partition coefficient (Wildman–Crippen LogP) is 7.35. The van der Waals surface area contributed by atoms with E-state index in [0.29, 0.717) is 31.7 Å². The van der Waals surface area contributed by atoms with Crippen LogP contribution in [0.3, 0.4) is 0 Å². The summed E-state index contributed by atoms with van der Waals surface area (Å²) in [5.41, 5.74) is 0. The van der Waals surface area contributed by atoms with Gasteiger partial charge in [-0.3, -0.25) is 0 Å². The Bertz CT molecular complexity index is 615. The summed E-state index contributed by atoms with van der Waals surface area (Å²) < 4.78 is 29.1. The second kappa shape index (κ2) is 28.2. The first kappa shape index (κ1) is 40.4. The van der Waals surface area contributed by atoms with E-state index in [2.05, 4.69) is 25.5 Å². The molecule has 0 aromatic rings. The van der Waals surface area contributed by atoms with Crippen LogP contribution < -0.4 is 0 Å². The van der Waals surface area contributed by atoms with Gasteiger partial charge in [-0.25, -0.2) is 9.59 Å². The van der Waals surface area contributed by atoms with Crippen molar-refractivity contribution >= 4 is 12.3 Å². The highest BCUT2D eigenvalue weighted by Gasteiger charge is 2.24. The SMILES string of the molecule is CCCCC1CO1.CCCCC1CO1.CCCC[C@H](O)COC(=O)O[C@H](CO)CCCC.CCCC[C@H]1COC(=O)O1.[2HH]. The fourth-order valence-corrected chi connectivity index (χ4v) is 3.75. The van der Waals surface area contributed by atoms with Gasteiger partial charge < -0.3 is 38.6 Å². The van der Waals surface area contributed by atoms with Crippen LogP contribution in [0.25, 0.3) is 0 Å². The predicted molar refractivity (Wildman–Crippen MR) is 165 cm³/mol. The Morgan fingerprint density at radius 1 is 0.810 bits per heavy atom. The van der Waals surface area contributed by atoms with E-state index in [9.17, 15) is 14.7 Å². The third kappa shape index (κ3) is 27.2. The highest BCUT2D eigenvalue weighted by molar-refractivity contribution is 5.61. The van der Waals surface area contributed by atoms with Gasteiger partial charge >= 0.3 is 12.3 Å². The number of hydrogen-bond donors (Lipinski definition) is 2. The number of rotatable bonds is 19. The van der Waals surface area contributed by atoms with Gasteiger partial charge in [0.2, 0.25) is 0 Å². The summed E-state index contributed by atoms with van der Waals surface area (Å²) in [5.74, 6) is 0. The molecule has 0 spiro atoms. The molecule has 0 aromatic carbocycles. The molecule has 0 aliphatic carbocycles. The second-order valence-electron chi connectivity index (χ2n) is 11.1. The second-order valence-corrected chi connectivity index (χ2v) is 11.1. The molecular weight excluding hydrogens is 544 g/mol. The molecule has 5 atom stereocenters. The van der Waals surface area contributed by atoms with Gasteiger partial charge in [0.1, 0.15) is 25.4 Å². The first-order valence-electron chi connectivity index (χ1n) is 16.5. The van der Waals surface area contributed by atoms with E-state index in [1.54, 1.807) is 0 Å². The van der Waals surface area contributed by atoms with E-state index in [4.69, 9.17) is 28.8 Å². The topological polar surface area (TPSA) is 137 Å². The minimum absolute atomic E-state index is 0. The van der Waals surface area contributed by atoms with Crippen molar-refractivity contribution in [1.29, 1.82) is 0 Å². The lowest BCUT2D eigenvalue weighted by atomic mass is 10.2. The summed E-state index contributed by atoms with van der Waals surface area (Å²) in [5, 5.41) is 18.5. The fourth-order valence-electron chi connectivity index (χ4n) is 3.75. The molecule has 3 rings (SSSR count). The summed E-state index contributed by atoms with van der Waals surface area (Å²) in [6.45, 7) is 12.8. The molecule has 3 fully saturated rings. The molecule has 0 bridgehead atoms. The van der Waals surface area contributed by atoms with Gasteiger partial charge in [-0.2, -0.15) is 0 Å².